The van der Waals surface area contributed by atoms with Crippen LogP contribution in [-0.2, 0) is 6.54 Å². The van der Waals surface area contributed by atoms with Gasteiger partial charge in [0.1, 0.15) is 0 Å². The van der Waals surface area contributed by atoms with Crippen LogP contribution in [0, 0.1) is 0 Å². The number of imidazole rings is 1. The van der Waals surface area contributed by atoms with Crippen LogP contribution >= 0.6 is 0 Å². The second-order valence-electron chi connectivity index (χ2n) is 5.78. The smallest absolute Gasteiger partial charge is 0.180 e. The van der Waals surface area contributed by atoms with Gasteiger partial charge in [0, 0.05) is 12.7 Å². The number of aromatic nitrogens is 2. The number of unbranched alkanes of at least 4 members (excludes halogenated alkanes) is 3. The van der Waals surface area contributed by atoms with Crippen LogP contribution in [0.15, 0.2) is 18.3 Å². The molecule has 0 saturated carbocycles. The van der Waals surface area contributed by atoms with Crippen LogP contribution < -0.4 is 10.5 Å². The molecule has 0 spiro atoms. The summed E-state index contributed by atoms with van der Waals surface area (Å²) in [5.41, 5.74) is 8.94. The van der Waals surface area contributed by atoms with Gasteiger partial charge in [-0.25, -0.2) is 4.98 Å². The lowest BCUT2D eigenvalue weighted by atomic mass is 10.1. The highest BCUT2D eigenvalue weighted by molar-refractivity contribution is 5.56. The Kier molecular flexibility index (Phi) is 5.62. The molecule has 0 saturated heterocycles. The fourth-order valence-electron chi connectivity index (χ4n) is 2.60. The molecule has 0 amide bonds. The highest BCUT2D eigenvalue weighted by Gasteiger charge is 2.16. The van der Waals surface area contributed by atoms with Crippen molar-refractivity contribution in [1.29, 1.82) is 0 Å². The Labute approximate surface area is 127 Å². The topological polar surface area (TPSA) is 52.5 Å². The third kappa shape index (κ3) is 3.56. The predicted octanol–water partition coefficient (Wildman–Crippen LogP) is 3.88. The number of fused-ring (bicyclic) bond motifs is 1. The minimum Gasteiger partial charge on any atom is -0.490 e. The Hall–Kier alpha value is -1.55. The molecule has 0 fully saturated rings. The molecule has 2 N–H and O–H groups in total. The molecule has 0 radical (unpaired) electrons. The van der Waals surface area contributed by atoms with Gasteiger partial charge in [0.15, 0.2) is 11.4 Å². The first-order valence-electron chi connectivity index (χ1n) is 8.01. The molecule has 2 rings (SSSR count). The van der Waals surface area contributed by atoms with Crippen molar-refractivity contribution < 1.29 is 4.74 Å². The van der Waals surface area contributed by atoms with Crippen LogP contribution in [0.5, 0.6) is 5.75 Å². The first-order chi connectivity index (χ1) is 10.2. The van der Waals surface area contributed by atoms with Gasteiger partial charge < -0.3 is 10.5 Å². The average molecular weight is 289 g/mol. The molecule has 0 aliphatic heterocycles. The van der Waals surface area contributed by atoms with Gasteiger partial charge in [-0.05, 0) is 24.5 Å². The number of hydrogen-bond acceptors (Lipinski definition) is 3. The van der Waals surface area contributed by atoms with Gasteiger partial charge in [-0.3, -0.25) is 4.40 Å². The zero-order valence-electron chi connectivity index (χ0n) is 13.4. The molecule has 0 atom stereocenters. The van der Waals surface area contributed by atoms with E-state index in [0.29, 0.717) is 12.5 Å². The van der Waals surface area contributed by atoms with Crippen molar-refractivity contribution in [2.24, 2.45) is 5.73 Å². The standard InChI is InChI=1S/C17H27N3O/c1-4-5-6-7-11-21-15-9-8-10-20-14(12-18)16(13(2)3)19-17(15)20/h8-10,13H,4-7,11-12,18H2,1-3H3. The van der Waals surface area contributed by atoms with Gasteiger partial charge in [-0.15, -0.1) is 0 Å². The predicted molar refractivity (Wildman–Crippen MR) is 86.8 cm³/mol. The SMILES string of the molecule is CCCCCCOc1cccn2c(CN)c(C(C)C)nc12. The lowest BCUT2D eigenvalue weighted by Gasteiger charge is -2.07. The number of nitrogens with zero attached hydrogens (tertiary/aromatic N) is 2. The monoisotopic (exact) mass is 289 g/mol. The van der Waals surface area contributed by atoms with E-state index in [0.717, 1.165) is 35.8 Å². The molecular weight excluding hydrogens is 262 g/mol. The maximum Gasteiger partial charge on any atom is 0.180 e. The molecule has 21 heavy (non-hydrogen) atoms. The molecule has 116 valence electrons. The third-order valence-electron chi connectivity index (χ3n) is 3.74. The van der Waals surface area contributed by atoms with Gasteiger partial charge in [-0.1, -0.05) is 40.0 Å². The Morgan fingerprint density at radius 1 is 1.29 bits per heavy atom. The number of pyridine rings is 1. The second kappa shape index (κ2) is 7.46. The number of ether oxygens (including phenoxy) is 1. The summed E-state index contributed by atoms with van der Waals surface area (Å²) in [6.45, 7) is 7.75. The highest BCUT2D eigenvalue weighted by atomic mass is 16.5. The summed E-state index contributed by atoms with van der Waals surface area (Å²) < 4.78 is 8.00. The van der Waals surface area contributed by atoms with E-state index in [2.05, 4.69) is 25.2 Å². The van der Waals surface area contributed by atoms with E-state index >= 15 is 0 Å². The van der Waals surface area contributed by atoms with Crippen LogP contribution in [0.3, 0.4) is 0 Å². The zero-order valence-corrected chi connectivity index (χ0v) is 13.4. The fraction of sp³-hybridized carbons (Fsp3) is 0.588. The quantitative estimate of drug-likeness (QED) is 0.750. The molecule has 2 aromatic rings. The minimum absolute atomic E-state index is 0.362. The average Bonchev–Trinajstić information content (AvgIpc) is 2.86. The van der Waals surface area contributed by atoms with Crippen LogP contribution in [-0.4, -0.2) is 16.0 Å². The van der Waals surface area contributed by atoms with E-state index < -0.39 is 0 Å². The summed E-state index contributed by atoms with van der Waals surface area (Å²) in [4.78, 5) is 4.76. The van der Waals surface area contributed by atoms with E-state index in [1.165, 1.54) is 19.3 Å². The summed E-state index contributed by atoms with van der Waals surface area (Å²) in [7, 11) is 0. The van der Waals surface area contributed by atoms with E-state index in [1.54, 1.807) is 0 Å². The Morgan fingerprint density at radius 3 is 2.76 bits per heavy atom. The second-order valence-corrected chi connectivity index (χ2v) is 5.78. The maximum absolute atomic E-state index is 5.93. The molecule has 0 aliphatic rings. The minimum atomic E-state index is 0.362. The lowest BCUT2D eigenvalue weighted by molar-refractivity contribution is 0.307. The molecule has 0 aromatic carbocycles. The Balaban J connectivity index is 2.20. The van der Waals surface area contributed by atoms with Crippen LogP contribution in [0.1, 0.15) is 63.8 Å². The Bertz CT molecular complexity index is 575. The number of hydrogen-bond donors (Lipinski definition) is 1. The van der Waals surface area contributed by atoms with Crippen molar-refractivity contribution in [3.8, 4) is 5.75 Å². The first-order valence-corrected chi connectivity index (χ1v) is 8.01. The van der Waals surface area contributed by atoms with E-state index in [1.807, 2.05) is 18.3 Å². The van der Waals surface area contributed by atoms with Crippen molar-refractivity contribution in [2.75, 3.05) is 6.61 Å². The molecule has 4 nitrogen and oxygen atoms in total. The largest absolute Gasteiger partial charge is 0.490 e. The van der Waals surface area contributed by atoms with E-state index in [-0.39, 0.29) is 0 Å². The Morgan fingerprint density at radius 2 is 2.10 bits per heavy atom. The molecule has 0 bridgehead atoms. The van der Waals surface area contributed by atoms with Crippen molar-refractivity contribution >= 4 is 5.65 Å². The molecule has 4 heteroatoms. The lowest BCUT2D eigenvalue weighted by Crippen LogP contribution is -2.05. The third-order valence-corrected chi connectivity index (χ3v) is 3.74. The fourth-order valence-corrected chi connectivity index (χ4v) is 2.60. The van der Waals surface area contributed by atoms with Gasteiger partial charge >= 0.3 is 0 Å². The maximum atomic E-state index is 5.93. The summed E-state index contributed by atoms with van der Waals surface area (Å²) in [5, 5.41) is 0. The summed E-state index contributed by atoms with van der Waals surface area (Å²) >= 11 is 0. The zero-order chi connectivity index (χ0) is 15.2. The van der Waals surface area contributed by atoms with Crippen molar-refractivity contribution in [3.05, 3.63) is 29.7 Å². The summed E-state index contributed by atoms with van der Waals surface area (Å²) in [5.74, 6) is 1.22. The summed E-state index contributed by atoms with van der Waals surface area (Å²) in [6, 6.07) is 3.99. The van der Waals surface area contributed by atoms with Crippen molar-refractivity contribution in [3.63, 3.8) is 0 Å². The van der Waals surface area contributed by atoms with Gasteiger partial charge in [0.2, 0.25) is 0 Å². The first kappa shape index (κ1) is 15.8. The van der Waals surface area contributed by atoms with Crippen LogP contribution in [0.4, 0.5) is 0 Å². The molecular formula is C17H27N3O. The summed E-state index contributed by atoms with van der Waals surface area (Å²) in [6.07, 6.45) is 6.84. The van der Waals surface area contributed by atoms with Crippen LogP contribution in [0.2, 0.25) is 0 Å². The number of rotatable bonds is 8. The van der Waals surface area contributed by atoms with Crippen molar-refractivity contribution in [2.45, 2.75) is 58.9 Å². The van der Waals surface area contributed by atoms with Crippen LogP contribution in [0.25, 0.3) is 5.65 Å². The molecule has 0 unspecified atom stereocenters. The molecule has 0 aliphatic carbocycles. The number of nitrogens with two attached hydrogens (primary N) is 1. The van der Waals surface area contributed by atoms with Gasteiger partial charge in [-0.2, -0.15) is 0 Å². The van der Waals surface area contributed by atoms with Gasteiger partial charge in [0.05, 0.1) is 18.0 Å². The van der Waals surface area contributed by atoms with Crippen molar-refractivity contribution in [1.82, 2.24) is 9.38 Å². The normalized spacial score (nSPS) is 11.5. The van der Waals surface area contributed by atoms with E-state index in [9.17, 15) is 0 Å². The van der Waals surface area contributed by atoms with E-state index in [4.69, 9.17) is 15.5 Å². The molecule has 2 aromatic heterocycles. The molecule has 2 heterocycles. The highest BCUT2D eigenvalue weighted by Crippen LogP contribution is 2.26. The van der Waals surface area contributed by atoms with Gasteiger partial charge in [0.25, 0.3) is 0 Å².